The van der Waals surface area contributed by atoms with E-state index in [2.05, 4.69) is 20.8 Å². The summed E-state index contributed by atoms with van der Waals surface area (Å²) in [6.45, 7) is 1.79. The summed E-state index contributed by atoms with van der Waals surface area (Å²) in [5.41, 5.74) is 1.02. The first-order chi connectivity index (χ1) is 13.1. The largest absolute Gasteiger partial charge is 0.354 e. The summed E-state index contributed by atoms with van der Waals surface area (Å²) in [6.07, 6.45) is 1.66. The smallest absolute Gasteiger partial charge is 0.239 e. The minimum absolute atomic E-state index is 0.0249. The molecule has 1 aromatic carbocycles. The summed E-state index contributed by atoms with van der Waals surface area (Å²) < 4.78 is 0. The molecule has 27 heavy (non-hydrogen) atoms. The molecule has 2 aromatic rings. The third-order valence-electron chi connectivity index (χ3n) is 4.49. The fourth-order valence-electron chi connectivity index (χ4n) is 3.05. The van der Waals surface area contributed by atoms with Crippen molar-refractivity contribution < 1.29 is 9.59 Å². The third-order valence-corrected chi connectivity index (χ3v) is 4.69. The summed E-state index contributed by atoms with van der Waals surface area (Å²) in [4.78, 5) is 26.4. The maximum absolute atomic E-state index is 12.4. The number of halogens is 1. The first-order valence-electron chi connectivity index (χ1n) is 8.94. The Morgan fingerprint density at radius 3 is 2.67 bits per heavy atom. The quantitative estimate of drug-likeness (QED) is 0.788. The molecule has 7 nitrogen and oxygen atoms in total. The maximum atomic E-state index is 12.4. The number of amides is 2. The highest BCUT2D eigenvalue weighted by Crippen LogP contribution is 2.21. The SMILES string of the molecule is O=C(CNC(=O)[C@H]1CCCN(c2ccc(Cl)nn2)C1)NCc1ccccc1. The third kappa shape index (κ3) is 5.65. The molecule has 0 aliphatic carbocycles. The highest BCUT2D eigenvalue weighted by molar-refractivity contribution is 6.29. The van der Waals surface area contributed by atoms with Crippen molar-refractivity contribution in [3.8, 4) is 0 Å². The van der Waals surface area contributed by atoms with Gasteiger partial charge in [0.2, 0.25) is 11.8 Å². The van der Waals surface area contributed by atoms with Crippen LogP contribution in [0.4, 0.5) is 5.82 Å². The van der Waals surface area contributed by atoms with Crippen molar-refractivity contribution in [2.24, 2.45) is 5.92 Å². The number of aromatic nitrogens is 2. The molecule has 2 amide bonds. The van der Waals surface area contributed by atoms with E-state index in [0.29, 0.717) is 24.1 Å². The molecule has 1 aliphatic heterocycles. The predicted octanol–water partition coefficient (Wildman–Crippen LogP) is 1.78. The van der Waals surface area contributed by atoms with E-state index in [9.17, 15) is 9.59 Å². The lowest BCUT2D eigenvalue weighted by molar-refractivity contribution is -0.128. The molecule has 0 bridgehead atoms. The fraction of sp³-hybridized carbons (Fsp3) is 0.368. The number of benzene rings is 1. The highest BCUT2D eigenvalue weighted by Gasteiger charge is 2.26. The van der Waals surface area contributed by atoms with Crippen LogP contribution in [-0.4, -0.2) is 41.6 Å². The van der Waals surface area contributed by atoms with E-state index in [-0.39, 0.29) is 24.3 Å². The van der Waals surface area contributed by atoms with Gasteiger partial charge in [0.1, 0.15) is 0 Å². The number of hydrogen-bond acceptors (Lipinski definition) is 5. The van der Waals surface area contributed by atoms with Crippen molar-refractivity contribution in [1.82, 2.24) is 20.8 Å². The van der Waals surface area contributed by atoms with Crippen molar-refractivity contribution >= 4 is 29.2 Å². The van der Waals surface area contributed by atoms with Gasteiger partial charge in [-0.05, 0) is 30.5 Å². The second-order valence-corrected chi connectivity index (χ2v) is 6.87. The molecule has 0 unspecified atom stereocenters. The van der Waals surface area contributed by atoms with Crippen LogP contribution in [0.15, 0.2) is 42.5 Å². The molecule has 1 aromatic heterocycles. The molecule has 1 atom stereocenters. The number of hydrogen-bond donors (Lipinski definition) is 2. The molecule has 1 fully saturated rings. The monoisotopic (exact) mass is 387 g/mol. The predicted molar refractivity (Wildman–Crippen MR) is 103 cm³/mol. The van der Waals surface area contributed by atoms with Crippen LogP contribution in [-0.2, 0) is 16.1 Å². The van der Waals surface area contributed by atoms with E-state index in [0.717, 1.165) is 24.9 Å². The molecule has 1 aliphatic rings. The lowest BCUT2D eigenvalue weighted by Gasteiger charge is -2.32. The number of nitrogens with zero attached hydrogens (tertiary/aromatic N) is 3. The molecule has 0 radical (unpaired) electrons. The topological polar surface area (TPSA) is 87.2 Å². The van der Waals surface area contributed by atoms with E-state index < -0.39 is 0 Å². The number of carbonyl (C=O) groups is 2. The van der Waals surface area contributed by atoms with Gasteiger partial charge in [-0.25, -0.2) is 0 Å². The number of carbonyl (C=O) groups excluding carboxylic acids is 2. The van der Waals surface area contributed by atoms with Gasteiger partial charge >= 0.3 is 0 Å². The zero-order valence-electron chi connectivity index (χ0n) is 14.9. The summed E-state index contributed by atoms with van der Waals surface area (Å²) in [5.74, 6) is 0.204. The van der Waals surface area contributed by atoms with Crippen molar-refractivity contribution in [1.29, 1.82) is 0 Å². The molecule has 0 saturated carbocycles. The molecule has 8 heteroatoms. The molecule has 0 spiro atoms. The van der Waals surface area contributed by atoms with Crippen LogP contribution in [0.2, 0.25) is 5.15 Å². The molecule has 142 valence electrons. The summed E-state index contributed by atoms with van der Waals surface area (Å²) in [5, 5.41) is 13.8. The van der Waals surface area contributed by atoms with Crippen molar-refractivity contribution in [3.05, 3.63) is 53.2 Å². The molecule has 2 heterocycles. The molecule has 3 rings (SSSR count). The van der Waals surface area contributed by atoms with Crippen molar-refractivity contribution in [2.75, 3.05) is 24.5 Å². The Kier molecular flexibility index (Phi) is 6.59. The van der Waals surface area contributed by atoms with E-state index in [1.807, 2.05) is 35.2 Å². The maximum Gasteiger partial charge on any atom is 0.239 e. The Bertz CT molecular complexity index is 769. The Morgan fingerprint density at radius 2 is 1.93 bits per heavy atom. The van der Waals surface area contributed by atoms with Gasteiger partial charge in [0.25, 0.3) is 0 Å². The van der Waals surface area contributed by atoms with Gasteiger partial charge in [-0.15, -0.1) is 10.2 Å². The zero-order chi connectivity index (χ0) is 19.1. The minimum atomic E-state index is -0.205. The van der Waals surface area contributed by atoms with E-state index in [1.54, 1.807) is 12.1 Å². The van der Waals surface area contributed by atoms with Crippen LogP contribution in [0.1, 0.15) is 18.4 Å². The normalized spacial score (nSPS) is 16.6. The van der Waals surface area contributed by atoms with E-state index in [1.165, 1.54) is 0 Å². The van der Waals surface area contributed by atoms with Gasteiger partial charge in [-0.3, -0.25) is 9.59 Å². The van der Waals surface area contributed by atoms with Crippen LogP contribution in [0.25, 0.3) is 0 Å². The lowest BCUT2D eigenvalue weighted by atomic mass is 9.97. The second kappa shape index (κ2) is 9.32. The fourth-order valence-corrected chi connectivity index (χ4v) is 3.15. The van der Waals surface area contributed by atoms with E-state index in [4.69, 9.17) is 11.6 Å². The minimum Gasteiger partial charge on any atom is -0.354 e. The number of nitrogens with one attached hydrogen (secondary N) is 2. The Morgan fingerprint density at radius 1 is 1.11 bits per heavy atom. The van der Waals surface area contributed by atoms with Crippen LogP contribution >= 0.6 is 11.6 Å². The summed E-state index contributed by atoms with van der Waals surface area (Å²) >= 11 is 5.77. The summed E-state index contributed by atoms with van der Waals surface area (Å²) in [7, 11) is 0. The van der Waals surface area contributed by atoms with Crippen molar-refractivity contribution in [2.45, 2.75) is 19.4 Å². The zero-order valence-corrected chi connectivity index (χ0v) is 15.7. The number of piperidine rings is 1. The summed E-state index contributed by atoms with van der Waals surface area (Å²) in [6, 6.07) is 13.1. The number of rotatable bonds is 6. The van der Waals surface area contributed by atoms with Gasteiger partial charge in [-0.2, -0.15) is 0 Å². The van der Waals surface area contributed by atoms with Gasteiger partial charge in [-0.1, -0.05) is 41.9 Å². The number of anilines is 1. The van der Waals surface area contributed by atoms with Gasteiger partial charge in [0.05, 0.1) is 12.5 Å². The molecular weight excluding hydrogens is 366 g/mol. The Hall–Kier alpha value is -2.67. The molecule has 1 saturated heterocycles. The lowest BCUT2D eigenvalue weighted by Crippen LogP contribution is -2.45. The average Bonchev–Trinajstić information content (AvgIpc) is 2.72. The average molecular weight is 388 g/mol. The van der Waals surface area contributed by atoms with Crippen molar-refractivity contribution in [3.63, 3.8) is 0 Å². The highest BCUT2D eigenvalue weighted by atomic mass is 35.5. The Labute approximate surface area is 163 Å². The van der Waals surface area contributed by atoms with Crippen LogP contribution in [0.5, 0.6) is 0 Å². The van der Waals surface area contributed by atoms with Gasteiger partial charge in [0, 0.05) is 19.6 Å². The van der Waals surface area contributed by atoms with E-state index >= 15 is 0 Å². The Balaban J connectivity index is 1.44. The van der Waals surface area contributed by atoms with Crippen LogP contribution in [0, 0.1) is 5.92 Å². The van der Waals surface area contributed by atoms with Gasteiger partial charge < -0.3 is 15.5 Å². The van der Waals surface area contributed by atoms with Crippen LogP contribution in [0.3, 0.4) is 0 Å². The first kappa shape index (κ1) is 19.1. The van der Waals surface area contributed by atoms with Gasteiger partial charge in [0.15, 0.2) is 11.0 Å². The standard InChI is InChI=1S/C19H22ClN5O2/c20-16-8-9-17(24-23-16)25-10-4-7-15(13-25)19(27)22-12-18(26)21-11-14-5-2-1-3-6-14/h1-3,5-6,8-9,15H,4,7,10-13H2,(H,21,26)(H,22,27)/t15-/m0/s1. The second-order valence-electron chi connectivity index (χ2n) is 6.48. The van der Waals surface area contributed by atoms with Crippen LogP contribution < -0.4 is 15.5 Å². The molecule has 2 N–H and O–H groups in total. The molecular formula is C19H22ClN5O2. The first-order valence-corrected chi connectivity index (χ1v) is 9.32.